The van der Waals surface area contributed by atoms with E-state index in [0.717, 1.165) is 10.9 Å². The molecule has 1 aliphatic heterocycles. The molecule has 0 bridgehead atoms. The predicted molar refractivity (Wildman–Crippen MR) is 110 cm³/mol. The number of hydrogen-bond acceptors (Lipinski definition) is 4. The van der Waals surface area contributed by atoms with Crippen molar-refractivity contribution in [3.05, 3.63) is 76.9 Å². The second-order valence-electron chi connectivity index (χ2n) is 6.85. The van der Waals surface area contributed by atoms with E-state index < -0.39 is 15.1 Å². The Labute approximate surface area is 168 Å². The van der Waals surface area contributed by atoms with Gasteiger partial charge in [0.05, 0.1) is 16.5 Å². The number of carbonyl (C=O) groups excluding carboxylic acids is 1. The first-order valence-electron chi connectivity index (χ1n) is 9.07. The van der Waals surface area contributed by atoms with Crippen LogP contribution in [-0.2, 0) is 9.84 Å². The minimum Gasteiger partial charge on any atom is -0.336 e. The fourth-order valence-electron chi connectivity index (χ4n) is 3.58. The van der Waals surface area contributed by atoms with Crippen molar-refractivity contribution < 1.29 is 13.2 Å². The van der Waals surface area contributed by atoms with Crippen LogP contribution in [0.25, 0.3) is 10.9 Å². The Morgan fingerprint density at radius 1 is 1.00 bits per heavy atom. The fraction of sp³-hybridized carbons (Fsp3) is 0.238. The number of rotatable bonds is 2. The Kier molecular flexibility index (Phi) is 5.08. The molecule has 1 atom stereocenters. The maximum atomic E-state index is 13.0. The van der Waals surface area contributed by atoms with Crippen LogP contribution < -0.4 is 0 Å². The highest BCUT2D eigenvalue weighted by Crippen LogP contribution is 2.34. The van der Waals surface area contributed by atoms with E-state index in [1.54, 1.807) is 35.2 Å². The van der Waals surface area contributed by atoms with Crippen LogP contribution in [0.1, 0.15) is 27.7 Å². The third-order valence-electron chi connectivity index (χ3n) is 5.10. The highest BCUT2D eigenvalue weighted by molar-refractivity contribution is 7.91. The maximum absolute atomic E-state index is 13.0. The molecule has 1 aliphatic rings. The summed E-state index contributed by atoms with van der Waals surface area (Å²) in [5, 5.41) is 0.687. The van der Waals surface area contributed by atoms with Crippen molar-refractivity contribution in [2.45, 2.75) is 11.7 Å². The molecule has 1 fully saturated rings. The van der Waals surface area contributed by atoms with Crippen molar-refractivity contribution >= 4 is 38.2 Å². The van der Waals surface area contributed by atoms with Crippen LogP contribution in [0.5, 0.6) is 0 Å². The smallest absolute Gasteiger partial charge is 0.272 e. The molecule has 0 radical (unpaired) electrons. The van der Waals surface area contributed by atoms with Gasteiger partial charge in [0, 0.05) is 23.5 Å². The quantitative estimate of drug-likeness (QED) is 0.638. The monoisotopic (exact) mass is 414 g/mol. The number of hydrogen-bond donors (Lipinski definition) is 0. The van der Waals surface area contributed by atoms with Gasteiger partial charge in [-0.2, -0.15) is 0 Å². The number of para-hydroxylation sites is 1. The lowest BCUT2D eigenvalue weighted by Gasteiger charge is -2.20. The Balaban J connectivity index is 1.60. The van der Waals surface area contributed by atoms with E-state index >= 15 is 0 Å². The molecule has 4 rings (SSSR count). The summed E-state index contributed by atoms with van der Waals surface area (Å²) in [5.74, 6) is -0.344. The molecule has 7 heteroatoms. The van der Waals surface area contributed by atoms with Gasteiger partial charge in [-0.1, -0.05) is 54.1 Å². The van der Waals surface area contributed by atoms with Gasteiger partial charge in [-0.25, -0.2) is 13.4 Å². The lowest BCUT2D eigenvalue weighted by molar-refractivity contribution is 0.0761. The highest BCUT2D eigenvalue weighted by atomic mass is 35.5. The summed E-state index contributed by atoms with van der Waals surface area (Å²) in [6.45, 7) is 0.485. The minimum atomic E-state index is -3.42. The zero-order chi connectivity index (χ0) is 19.7. The van der Waals surface area contributed by atoms with Gasteiger partial charge in [0.15, 0.2) is 9.84 Å². The molecule has 0 aliphatic carbocycles. The van der Waals surface area contributed by atoms with Crippen LogP contribution >= 0.6 is 11.6 Å². The zero-order valence-electron chi connectivity index (χ0n) is 15.1. The van der Waals surface area contributed by atoms with Gasteiger partial charge in [-0.15, -0.1) is 0 Å². The molecular formula is C21H19ClN2O3S. The number of amides is 1. The van der Waals surface area contributed by atoms with E-state index in [1.165, 1.54) is 0 Å². The first-order valence-corrected chi connectivity index (χ1v) is 11.2. The van der Waals surface area contributed by atoms with E-state index in [-0.39, 0.29) is 18.2 Å². The lowest BCUT2D eigenvalue weighted by Crippen LogP contribution is -2.34. The number of sulfone groups is 1. The van der Waals surface area contributed by atoms with Gasteiger partial charge in [-0.05, 0) is 30.2 Å². The van der Waals surface area contributed by atoms with Gasteiger partial charge in [0.25, 0.3) is 5.91 Å². The molecule has 3 aromatic rings. The Morgan fingerprint density at radius 2 is 1.75 bits per heavy atom. The first kappa shape index (κ1) is 18.9. The number of aromatic nitrogens is 1. The van der Waals surface area contributed by atoms with Gasteiger partial charge in [0.1, 0.15) is 5.69 Å². The summed E-state index contributed by atoms with van der Waals surface area (Å²) in [5.41, 5.74) is 1.67. The second kappa shape index (κ2) is 7.53. The first-order chi connectivity index (χ1) is 13.5. The summed E-state index contributed by atoms with van der Waals surface area (Å²) >= 11 is 6.23. The molecule has 28 heavy (non-hydrogen) atoms. The van der Waals surface area contributed by atoms with Crippen LogP contribution in [0.2, 0.25) is 5.02 Å². The van der Waals surface area contributed by atoms with Gasteiger partial charge in [-0.3, -0.25) is 4.79 Å². The molecule has 2 aromatic carbocycles. The van der Waals surface area contributed by atoms with Crippen molar-refractivity contribution in [2.75, 3.05) is 18.8 Å². The van der Waals surface area contributed by atoms with Gasteiger partial charge >= 0.3 is 0 Å². The van der Waals surface area contributed by atoms with E-state index in [1.807, 2.05) is 30.3 Å². The topological polar surface area (TPSA) is 67.3 Å². The van der Waals surface area contributed by atoms with E-state index in [9.17, 15) is 13.2 Å². The number of carbonyl (C=O) groups is 1. The average molecular weight is 415 g/mol. The summed E-state index contributed by atoms with van der Waals surface area (Å²) in [6, 6.07) is 18.1. The van der Waals surface area contributed by atoms with Crippen molar-refractivity contribution in [3.8, 4) is 0 Å². The van der Waals surface area contributed by atoms with Crippen LogP contribution in [0, 0.1) is 0 Å². The molecule has 1 saturated heterocycles. The SMILES string of the molecule is O=C(c1ccc2ccccc2n1)N1CCC(c2ccccc2Cl)S(=O)(=O)CC1. The zero-order valence-corrected chi connectivity index (χ0v) is 16.7. The number of halogens is 1. The Hall–Kier alpha value is -2.44. The normalized spacial score (nSPS) is 19.3. The van der Waals surface area contributed by atoms with E-state index in [4.69, 9.17) is 11.6 Å². The van der Waals surface area contributed by atoms with Crippen molar-refractivity contribution in [1.29, 1.82) is 0 Å². The van der Waals surface area contributed by atoms with Crippen molar-refractivity contribution in [2.24, 2.45) is 0 Å². The van der Waals surface area contributed by atoms with Crippen molar-refractivity contribution in [3.63, 3.8) is 0 Å². The Bertz CT molecular complexity index is 1150. The lowest BCUT2D eigenvalue weighted by atomic mass is 10.1. The van der Waals surface area contributed by atoms with Crippen LogP contribution in [0.3, 0.4) is 0 Å². The molecule has 0 spiro atoms. The van der Waals surface area contributed by atoms with Gasteiger partial charge < -0.3 is 4.90 Å². The molecular weight excluding hydrogens is 396 g/mol. The molecule has 1 amide bonds. The summed E-state index contributed by atoms with van der Waals surface area (Å²) in [7, 11) is -3.42. The number of benzene rings is 2. The molecule has 0 N–H and O–H groups in total. The fourth-order valence-corrected chi connectivity index (χ4v) is 5.73. The van der Waals surface area contributed by atoms with Crippen LogP contribution in [-0.4, -0.2) is 43.1 Å². The average Bonchev–Trinajstić information content (AvgIpc) is 2.85. The molecule has 5 nitrogen and oxygen atoms in total. The molecule has 144 valence electrons. The number of pyridine rings is 1. The third-order valence-corrected chi connectivity index (χ3v) is 7.55. The minimum absolute atomic E-state index is 0.0950. The second-order valence-corrected chi connectivity index (χ2v) is 9.56. The van der Waals surface area contributed by atoms with Crippen molar-refractivity contribution in [1.82, 2.24) is 9.88 Å². The number of fused-ring (bicyclic) bond motifs is 1. The standard InChI is InChI=1S/C21H19ClN2O3S/c22-17-7-3-2-6-16(17)20-11-12-24(13-14-28(20,26)27)21(25)19-10-9-15-5-1-4-8-18(15)23-19/h1-10,20H,11-14H2. The predicted octanol–water partition coefficient (Wildman–Crippen LogP) is 3.89. The summed E-state index contributed by atoms with van der Waals surface area (Å²) in [4.78, 5) is 19.0. The third kappa shape index (κ3) is 3.62. The highest BCUT2D eigenvalue weighted by Gasteiger charge is 2.34. The van der Waals surface area contributed by atoms with E-state index in [0.29, 0.717) is 29.2 Å². The number of nitrogens with zero attached hydrogens (tertiary/aromatic N) is 2. The molecule has 2 heterocycles. The summed E-state index contributed by atoms with van der Waals surface area (Å²) < 4.78 is 25.6. The van der Waals surface area contributed by atoms with Crippen LogP contribution in [0.4, 0.5) is 0 Å². The van der Waals surface area contributed by atoms with Crippen LogP contribution in [0.15, 0.2) is 60.7 Å². The summed E-state index contributed by atoms with van der Waals surface area (Å²) in [6.07, 6.45) is 0.311. The molecule has 1 unspecified atom stereocenters. The van der Waals surface area contributed by atoms with E-state index in [2.05, 4.69) is 4.98 Å². The Morgan fingerprint density at radius 3 is 2.57 bits per heavy atom. The maximum Gasteiger partial charge on any atom is 0.272 e. The molecule has 1 aromatic heterocycles. The van der Waals surface area contributed by atoms with Gasteiger partial charge in [0.2, 0.25) is 0 Å². The molecule has 0 saturated carbocycles. The largest absolute Gasteiger partial charge is 0.336 e.